The first-order valence-corrected chi connectivity index (χ1v) is 5.88. The van der Waals surface area contributed by atoms with Crippen molar-refractivity contribution in [1.29, 1.82) is 0 Å². The minimum absolute atomic E-state index is 0.475. The van der Waals surface area contributed by atoms with Gasteiger partial charge in [-0.2, -0.15) is 5.10 Å². The van der Waals surface area contributed by atoms with E-state index >= 15 is 0 Å². The van der Waals surface area contributed by atoms with Crippen LogP contribution < -0.4 is 5.73 Å². The van der Waals surface area contributed by atoms with E-state index in [1.165, 1.54) is 5.56 Å². The van der Waals surface area contributed by atoms with Crippen LogP contribution in [0, 0.1) is 13.8 Å². The summed E-state index contributed by atoms with van der Waals surface area (Å²) in [5.74, 6) is 0.843. The second-order valence-electron chi connectivity index (χ2n) is 4.10. The Labute approximate surface area is 101 Å². The Morgan fingerprint density at radius 1 is 1.35 bits per heavy atom. The van der Waals surface area contributed by atoms with Crippen LogP contribution >= 0.6 is 0 Å². The van der Waals surface area contributed by atoms with E-state index < -0.39 is 0 Å². The first-order valence-electron chi connectivity index (χ1n) is 5.88. The summed E-state index contributed by atoms with van der Waals surface area (Å²) in [5, 5.41) is 4.56. The predicted molar refractivity (Wildman–Crippen MR) is 68.1 cm³/mol. The van der Waals surface area contributed by atoms with Crippen molar-refractivity contribution >= 4 is 0 Å². The smallest absolute Gasteiger partial charge is 0.158 e. The number of pyridine rings is 1. The van der Waals surface area contributed by atoms with Gasteiger partial charge in [-0.25, -0.2) is 9.67 Å². The lowest BCUT2D eigenvalue weighted by Gasteiger charge is -2.08. The Morgan fingerprint density at radius 2 is 2.12 bits per heavy atom. The van der Waals surface area contributed by atoms with Crippen LogP contribution in [0.2, 0.25) is 0 Å². The molecule has 0 aliphatic carbocycles. The summed E-state index contributed by atoms with van der Waals surface area (Å²) in [6.07, 6.45) is 2.76. The van der Waals surface area contributed by atoms with Crippen molar-refractivity contribution < 1.29 is 0 Å². The summed E-state index contributed by atoms with van der Waals surface area (Å²) in [6, 6.07) is 3.89. The van der Waals surface area contributed by atoms with E-state index in [1.807, 2.05) is 23.7 Å². The molecule has 2 N–H and O–H groups in total. The summed E-state index contributed by atoms with van der Waals surface area (Å²) >= 11 is 0. The first kappa shape index (κ1) is 11.8. The van der Waals surface area contributed by atoms with Gasteiger partial charge in [-0.1, -0.05) is 13.0 Å². The molecule has 0 saturated heterocycles. The standard InChI is InChI=1S/C13H18N4/c1-4-12-9(2)16-17(10(12)3)13-11(8-14)6-5-7-15-13/h5-7H,4,8,14H2,1-3H3. The summed E-state index contributed by atoms with van der Waals surface area (Å²) in [4.78, 5) is 4.39. The lowest BCUT2D eigenvalue weighted by atomic mass is 10.1. The van der Waals surface area contributed by atoms with Crippen LogP contribution in [0.25, 0.3) is 5.82 Å². The van der Waals surface area contributed by atoms with Crippen LogP contribution in [-0.4, -0.2) is 14.8 Å². The molecule has 2 heterocycles. The summed E-state index contributed by atoms with van der Waals surface area (Å²) in [7, 11) is 0. The topological polar surface area (TPSA) is 56.7 Å². The number of nitrogens with two attached hydrogens (primary N) is 1. The third-order valence-corrected chi connectivity index (χ3v) is 3.08. The van der Waals surface area contributed by atoms with E-state index in [9.17, 15) is 0 Å². The van der Waals surface area contributed by atoms with E-state index in [0.29, 0.717) is 6.54 Å². The lowest BCUT2D eigenvalue weighted by Crippen LogP contribution is -2.09. The van der Waals surface area contributed by atoms with E-state index in [4.69, 9.17) is 5.73 Å². The molecule has 0 amide bonds. The Kier molecular flexibility index (Phi) is 3.24. The van der Waals surface area contributed by atoms with Crippen molar-refractivity contribution in [3.8, 4) is 5.82 Å². The highest BCUT2D eigenvalue weighted by Gasteiger charge is 2.13. The molecule has 90 valence electrons. The second kappa shape index (κ2) is 4.67. The second-order valence-corrected chi connectivity index (χ2v) is 4.10. The molecule has 2 aromatic rings. The molecule has 17 heavy (non-hydrogen) atoms. The maximum absolute atomic E-state index is 5.73. The van der Waals surface area contributed by atoms with Gasteiger partial charge in [0, 0.05) is 24.0 Å². The summed E-state index contributed by atoms with van der Waals surface area (Å²) in [5.41, 5.74) is 10.3. The van der Waals surface area contributed by atoms with E-state index in [-0.39, 0.29) is 0 Å². The van der Waals surface area contributed by atoms with Gasteiger partial charge < -0.3 is 5.73 Å². The zero-order valence-corrected chi connectivity index (χ0v) is 10.6. The molecule has 0 spiro atoms. The highest BCUT2D eigenvalue weighted by molar-refractivity contribution is 5.37. The van der Waals surface area contributed by atoms with Crippen molar-refractivity contribution in [3.63, 3.8) is 0 Å². The van der Waals surface area contributed by atoms with Crippen LogP contribution in [0.3, 0.4) is 0 Å². The van der Waals surface area contributed by atoms with Crippen LogP contribution in [0.1, 0.15) is 29.4 Å². The fourth-order valence-corrected chi connectivity index (χ4v) is 2.17. The first-order chi connectivity index (χ1) is 8.19. The average Bonchev–Trinajstić information content (AvgIpc) is 2.64. The van der Waals surface area contributed by atoms with E-state index in [1.54, 1.807) is 6.20 Å². The average molecular weight is 230 g/mol. The number of aryl methyl sites for hydroxylation is 1. The van der Waals surface area contributed by atoms with Gasteiger partial charge in [0.05, 0.1) is 5.69 Å². The van der Waals surface area contributed by atoms with Gasteiger partial charge in [0.25, 0.3) is 0 Å². The molecule has 0 unspecified atom stereocenters. The van der Waals surface area contributed by atoms with Crippen LogP contribution in [0.4, 0.5) is 0 Å². The number of hydrogen-bond donors (Lipinski definition) is 1. The molecule has 0 aliphatic heterocycles. The van der Waals surface area contributed by atoms with E-state index in [2.05, 4.69) is 23.9 Å². The molecular weight excluding hydrogens is 212 g/mol. The molecule has 0 saturated carbocycles. The highest BCUT2D eigenvalue weighted by atomic mass is 15.3. The van der Waals surface area contributed by atoms with Gasteiger partial charge >= 0.3 is 0 Å². The Bertz CT molecular complexity index is 528. The molecule has 0 fully saturated rings. The summed E-state index contributed by atoms with van der Waals surface area (Å²) in [6.45, 7) is 6.73. The molecule has 0 bridgehead atoms. The van der Waals surface area contributed by atoms with Crippen molar-refractivity contribution in [2.24, 2.45) is 5.73 Å². The quantitative estimate of drug-likeness (QED) is 0.876. The number of rotatable bonds is 3. The number of aromatic nitrogens is 3. The highest BCUT2D eigenvalue weighted by Crippen LogP contribution is 2.19. The van der Waals surface area contributed by atoms with Gasteiger partial charge in [0.1, 0.15) is 0 Å². The lowest BCUT2D eigenvalue weighted by molar-refractivity contribution is 0.788. The van der Waals surface area contributed by atoms with Crippen molar-refractivity contribution in [3.05, 3.63) is 40.8 Å². The zero-order valence-electron chi connectivity index (χ0n) is 10.6. The zero-order chi connectivity index (χ0) is 12.4. The van der Waals surface area contributed by atoms with Gasteiger partial charge in [0.15, 0.2) is 5.82 Å². The van der Waals surface area contributed by atoms with E-state index in [0.717, 1.165) is 29.2 Å². The third-order valence-electron chi connectivity index (χ3n) is 3.08. The monoisotopic (exact) mass is 230 g/mol. The molecule has 2 aromatic heterocycles. The summed E-state index contributed by atoms with van der Waals surface area (Å²) < 4.78 is 1.90. The van der Waals surface area contributed by atoms with Gasteiger partial charge in [-0.15, -0.1) is 0 Å². The van der Waals surface area contributed by atoms with Crippen LogP contribution in [0.5, 0.6) is 0 Å². The van der Waals surface area contributed by atoms with Crippen LogP contribution in [0.15, 0.2) is 18.3 Å². The molecule has 2 rings (SSSR count). The fourth-order valence-electron chi connectivity index (χ4n) is 2.17. The SMILES string of the molecule is CCc1c(C)nn(-c2ncccc2CN)c1C. The van der Waals surface area contributed by atoms with Crippen molar-refractivity contribution in [2.75, 3.05) is 0 Å². The number of nitrogens with zero attached hydrogens (tertiary/aromatic N) is 3. The number of hydrogen-bond acceptors (Lipinski definition) is 3. The molecule has 4 nitrogen and oxygen atoms in total. The minimum Gasteiger partial charge on any atom is -0.326 e. The molecule has 0 radical (unpaired) electrons. The molecule has 0 aromatic carbocycles. The maximum atomic E-state index is 5.73. The van der Waals surface area contributed by atoms with Gasteiger partial charge in [0.2, 0.25) is 0 Å². The Hall–Kier alpha value is -1.68. The fraction of sp³-hybridized carbons (Fsp3) is 0.385. The van der Waals surface area contributed by atoms with Gasteiger partial charge in [-0.05, 0) is 31.9 Å². The molecular formula is C13H18N4. The molecule has 0 atom stereocenters. The predicted octanol–water partition coefficient (Wildman–Crippen LogP) is 1.91. The van der Waals surface area contributed by atoms with Crippen molar-refractivity contribution in [1.82, 2.24) is 14.8 Å². The maximum Gasteiger partial charge on any atom is 0.158 e. The molecule has 4 heteroatoms. The third kappa shape index (κ3) is 1.96. The molecule has 0 aliphatic rings. The van der Waals surface area contributed by atoms with Gasteiger partial charge in [-0.3, -0.25) is 0 Å². The van der Waals surface area contributed by atoms with Crippen molar-refractivity contribution in [2.45, 2.75) is 33.7 Å². The van der Waals surface area contributed by atoms with Crippen LogP contribution in [-0.2, 0) is 13.0 Å². The minimum atomic E-state index is 0.475. The Morgan fingerprint density at radius 3 is 2.71 bits per heavy atom. The normalized spacial score (nSPS) is 10.8. The Balaban J connectivity index is 2.61. The largest absolute Gasteiger partial charge is 0.326 e.